The SMILES string of the molecule is NC[C@@H]1C[C@H](O)CN1c1nc(Nc2ccc(C(=O)CC(=O)Nc3ccccc3Cl)cc2)nc(N2C[C@H](N)C[C@H](N)C2)n1. The van der Waals surface area contributed by atoms with Gasteiger partial charge in [0.05, 0.1) is 23.2 Å². The molecule has 0 unspecified atom stereocenters. The predicted octanol–water partition coefficient (Wildman–Crippen LogP) is 1.24. The molecular weight excluding hydrogens is 560 g/mol. The zero-order valence-electron chi connectivity index (χ0n) is 23.0. The highest BCUT2D eigenvalue weighted by molar-refractivity contribution is 6.33. The molecule has 9 N–H and O–H groups in total. The third-order valence-corrected chi connectivity index (χ3v) is 7.59. The topological polar surface area (TPSA) is 202 Å². The number of amides is 1. The molecular formula is C28H35ClN10O3. The van der Waals surface area contributed by atoms with Crippen LogP contribution in [0.25, 0.3) is 0 Å². The summed E-state index contributed by atoms with van der Waals surface area (Å²) in [7, 11) is 0. The van der Waals surface area contributed by atoms with Gasteiger partial charge in [-0.15, -0.1) is 0 Å². The number of aromatic nitrogens is 3. The number of rotatable bonds is 9. The lowest BCUT2D eigenvalue weighted by atomic mass is 10.0. The van der Waals surface area contributed by atoms with Crippen LogP contribution in [0.2, 0.25) is 5.02 Å². The fourth-order valence-corrected chi connectivity index (χ4v) is 5.44. The first-order chi connectivity index (χ1) is 20.2. The molecule has 0 radical (unpaired) electrons. The van der Waals surface area contributed by atoms with Crippen molar-refractivity contribution in [3.05, 3.63) is 59.1 Å². The zero-order chi connectivity index (χ0) is 29.8. The van der Waals surface area contributed by atoms with Gasteiger partial charge < -0.3 is 42.7 Å². The molecule has 2 aromatic carbocycles. The number of carbonyl (C=O) groups excluding carboxylic acids is 2. The Bertz CT molecular complexity index is 1420. The number of hydrogen-bond donors (Lipinski definition) is 6. The van der Waals surface area contributed by atoms with Gasteiger partial charge >= 0.3 is 0 Å². The summed E-state index contributed by atoms with van der Waals surface area (Å²) in [6.45, 7) is 1.78. The number of carbonyl (C=O) groups is 2. The molecule has 2 aliphatic heterocycles. The molecule has 2 fully saturated rings. The van der Waals surface area contributed by atoms with Crippen molar-refractivity contribution in [2.45, 2.75) is 43.5 Å². The number of nitrogens with zero attached hydrogens (tertiary/aromatic N) is 5. The molecule has 14 heteroatoms. The second kappa shape index (κ2) is 13.0. The van der Waals surface area contributed by atoms with E-state index in [9.17, 15) is 14.7 Å². The Morgan fingerprint density at radius 2 is 1.64 bits per heavy atom. The number of halogens is 1. The summed E-state index contributed by atoms with van der Waals surface area (Å²) in [6, 6.07) is 13.1. The van der Waals surface area contributed by atoms with E-state index in [1.807, 2.05) is 9.80 Å². The average Bonchev–Trinajstić information content (AvgIpc) is 3.34. The number of nitrogens with one attached hydrogen (secondary N) is 2. The van der Waals surface area contributed by atoms with Crippen LogP contribution in [0.3, 0.4) is 0 Å². The van der Waals surface area contributed by atoms with Crippen molar-refractivity contribution < 1.29 is 14.7 Å². The second-order valence-corrected chi connectivity index (χ2v) is 11.1. The molecule has 1 amide bonds. The average molecular weight is 595 g/mol. The molecule has 0 spiro atoms. The van der Waals surface area contributed by atoms with E-state index in [0.717, 1.165) is 0 Å². The van der Waals surface area contributed by atoms with Gasteiger partial charge in [0.1, 0.15) is 0 Å². The van der Waals surface area contributed by atoms with E-state index in [2.05, 4.69) is 20.6 Å². The first kappa shape index (κ1) is 29.6. The largest absolute Gasteiger partial charge is 0.391 e. The van der Waals surface area contributed by atoms with Crippen molar-refractivity contribution in [1.82, 2.24) is 15.0 Å². The zero-order valence-corrected chi connectivity index (χ0v) is 23.7. The van der Waals surface area contributed by atoms with Crippen LogP contribution in [0.1, 0.15) is 29.6 Å². The van der Waals surface area contributed by atoms with Crippen molar-refractivity contribution >= 4 is 52.5 Å². The van der Waals surface area contributed by atoms with Gasteiger partial charge in [-0.3, -0.25) is 9.59 Å². The second-order valence-electron chi connectivity index (χ2n) is 10.7. The molecule has 3 heterocycles. The third kappa shape index (κ3) is 7.12. The Balaban J connectivity index is 1.32. The predicted molar refractivity (Wildman–Crippen MR) is 162 cm³/mol. The number of anilines is 5. The maximum absolute atomic E-state index is 12.7. The number of Topliss-reactive ketones (excluding diaryl/α,β-unsaturated/α-hetero) is 1. The van der Waals surface area contributed by atoms with E-state index in [1.54, 1.807) is 48.5 Å². The van der Waals surface area contributed by atoms with Crippen molar-refractivity contribution in [1.29, 1.82) is 0 Å². The maximum Gasteiger partial charge on any atom is 0.233 e. The molecule has 222 valence electrons. The number of aliphatic hydroxyl groups is 1. The first-order valence-corrected chi connectivity index (χ1v) is 14.2. The number of nitrogens with two attached hydrogens (primary N) is 3. The molecule has 1 aromatic heterocycles. The molecule has 13 nitrogen and oxygen atoms in total. The highest BCUT2D eigenvalue weighted by Gasteiger charge is 2.33. The highest BCUT2D eigenvalue weighted by atomic mass is 35.5. The van der Waals surface area contributed by atoms with Crippen LogP contribution in [0.15, 0.2) is 48.5 Å². The molecule has 2 aliphatic rings. The summed E-state index contributed by atoms with van der Waals surface area (Å²) < 4.78 is 0. The molecule has 0 aliphatic carbocycles. The number of β-amino-alcohol motifs (C(OH)–C–C–N with tert-alkyl or cyclic N) is 1. The summed E-state index contributed by atoms with van der Waals surface area (Å²) in [5.41, 5.74) is 19.9. The van der Waals surface area contributed by atoms with Crippen LogP contribution >= 0.6 is 11.6 Å². The standard InChI is InChI=1S/C28H35ClN10O3/c29-22-3-1-2-4-23(22)34-25(42)11-24(41)16-5-7-19(8-6-16)33-26-35-27(38-13-17(31)9-18(32)14-38)37-28(36-26)39-15-21(40)10-20(39)12-30/h1-8,17-18,20-21,40H,9-15,30-32H2,(H,34,42)(H,33,35,36,37)/t17-,18+,20-,21-/m0/s1. The van der Waals surface area contributed by atoms with E-state index in [4.69, 9.17) is 33.8 Å². The first-order valence-electron chi connectivity index (χ1n) is 13.8. The van der Waals surface area contributed by atoms with Gasteiger partial charge in [0.2, 0.25) is 23.8 Å². The van der Waals surface area contributed by atoms with Gasteiger partial charge in [0.15, 0.2) is 5.78 Å². The number of ketones is 1. The van der Waals surface area contributed by atoms with Crippen LogP contribution in [0, 0.1) is 0 Å². The number of hydrogen-bond acceptors (Lipinski definition) is 12. The fraction of sp³-hybridized carbons (Fsp3) is 0.393. The van der Waals surface area contributed by atoms with Crippen LogP contribution in [0.4, 0.5) is 29.2 Å². The Morgan fingerprint density at radius 3 is 2.33 bits per heavy atom. The summed E-state index contributed by atoms with van der Waals surface area (Å²) in [4.78, 5) is 42.9. The lowest BCUT2D eigenvalue weighted by molar-refractivity contribution is -0.115. The Hall–Kier alpha value is -3.88. The molecule has 0 saturated carbocycles. The minimum Gasteiger partial charge on any atom is -0.391 e. The van der Waals surface area contributed by atoms with Crippen molar-refractivity contribution in [3.63, 3.8) is 0 Å². The van der Waals surface area contributed by atoms with Crippen LogP contribution < -0.4 is 37.6 Å². The van der Waals surface area contributed by atoms with E-state index in [1.165, 1.54) is 0 Å². The lowest BCUT2D eigenvalue weighted by Gasteiger charge is -2.35. The van der Waals surface area contributed by atoms with Gasteiger partial charge in [-0.25, -0.2) is 0 Å². The Morgan fingerprint density at radius 1 is 0.952 bits per heavy atom. The monoisotopic (exact) mass is 594 g/mol. The van der Waals surface area contributed by atoms with E-state index >= 15 is 0 Å². The van der Waals surface area contributed by atoms with Gasteiger partial charge in [0.25, 0.3) is 0 Å². The summed E-state index contributed by atoms with van der Waals surface area (Å²) in [5, 5.41) is 16.5. The van der Waals surface area contributed by atoms with E-state index in [0.29, 0.717) is 72.9 Å². The van der Waals surface area contributed by atoms with Crippen molar-refractivity contribution in [2.75, 3.05) is 46.6 Å². The molecule has 5 rings (SSSR count). The van der Waals surface area contributed by atoms with Crippen LogP contribution in [-0.4, -0.2) is 82.2 Å². The lowest BCUT2D eigenvalue weighted by Crippen LogP contribution is -2.53. The van der Waals surface area contributed by atoms with Crippen LogP contribution in [0.5, 0.6) is 0 Å². The third-order valence-electron chi connectivity index (χ3n) is 7.26. The minimum atomic E-state index is -0.538. The summed E-state index contributed by atoms with van der Waals surface area (Å²) in [6.07, 6.45) is 0.358. The Kier molecular flexibility index (Phi) is 9.14. The van der Waals surface area contributed by atoms with Crippen molar-refractivity contribution in [3.8, 4) is 0 Å². The number of piperidine rings is 1. The van der Waals surface area contributed by atoms with Gasteiger partial charge in [-0.1, -0.05) is 23.7 Å². The van der Waals surface area contributed by atoms with E-state index in [-0.39, 0.29) is 36.3 Å². The fourth-order valence-electron chi connectivity index (χ4n) is 5.26. The molecule has 3 aromatic rings. The maximum atomic E-state index is 12.7. The van der Waals surface area contributed by atoms with E-state index < -0.39 is 12.0 Å². The van der Waals surface area contributed by atoms with Gasteiger partial charge in [-0.05, 0) is 49.2 Å². The normalized spacial score (nSPS) is 22.2. The summed E-state index contributed by atoms with van der Waals surface area (Å²) >= 11 is 6.09. The smallest absolute Gasteiger partial charge is 0.233 e. The van der Waals surface area contributed by atoms with Gasteiger partial charge in [0, 0.05) is 55.6 Å². The van der Waals surface area contributed by atoms with Gasteiger partial charge in [-0.2, -0.15) is 15.0 Å². The Labute approximate surface area is 248 Å². The summed E-state index contributed by atoms with van der Waals surface area (Å²) in [5.74, 6) is 0.285. The molecule has 2 saturated heterocycles. The molecule has 42 heavy (non-hydrogen) atoms. The highest BCUT2D eigenvalue weighted by Crippen LogP contribution is 2.27. The minimum absolute atomic E-state index is 0.116. The number of benzene rings is 2. The van der Waals surface area contributed by atoms with Crippen molar-refractivity contribution in [2.24, 2.45) is 17.2 Å². The molecule has 4 atom stereocenters. The quantitative estimate of drug-likeness (QED) is 0.153. The number of para-hydroxylation sites is 1. The molecule has 0 bridgehead atoms. The van der Waals surface area contributed by atoms with Crippen LogP contribution in [-0.2, 0) is 4.79 Å². The number of aliphatic hydroxyl groups excluding tert-OH is 1.